The van der Waals surface area contributed by atoms with Crippen LogP contribution in [0.5, 0.6) is 0 Å². The Morgan fingerprint density at radius 2 is 1.56 bits per heavy atom. The van der Waals surface area contributed by atoms with Gasteiger partial charge in [0, 0.05) is 6.61 Å². The second kappa shape index (κ2) is 10.8. The molecule has 0 aliphatic carbocycles. The molecule has 9 heavy (non-hydrogen) atoms. The molecule has 0 aromatic heterocycles. The second-order valence-corrected chi connectivity index (χ2v) is 1.42. The van der Waals surface area contributed by atoms with Gasteiger partial charge in [0.1, 0.15) is 0 Å². The average molecular weight is 136 g/mol. The van der Waals surface area contributed by atoms with Gasteiger partial charge in [0.25, 0.3) is 0 Å². The highest BCUT2D eigenvalue weighted by Gasteiger charge is 1.92. The van der Waals surface area contributed by atoms with Crippen LogP contribution in [0.1, 0.15) is 19.8 Å². The highest BCUT2D eigenvalue weighted by atomic mass is 16.5. The first-order valence-corrected chi connectivity index (χ1v) is 2.80. The van der Waals surface area contributed by atoms with Crippen molar-refractivity contribution in [3.63, 3.8) is 0 Å². The molecule has 0 radical (unpaired) electrons. The van der Waals surface area contributed by atoms with Gasteiger partial charge in [-0.2, -0.15) is 0 Å². The summed E-state index contributed by atoms with van der Waals surface area (Å²) in [5, 5.41) is 29.6. The fourth-order valence-electron chi connectivity index (χ4n) is 0.158. The molecule has 4 N–H and O–H groups in total. The van der Waals surface area contributed by atoms with Gasteiger partial charge < -0.3 is 20.2 Å². The lowest BCUT2D eigenvalue weighted by molar-refractivity contribution is 0.278. The van der Waals surface area contributed by atoms with Crippen LogP contribution in [-0.4, -0.2) is 34.1 Å². The Morgan fingerprint density at radius 1 is 1.22 bits per heavy atom. The predicted molar refractivity (Wildman–Crippen MR) is 34.4 cm³/mol. The van der Waals surface area contributed by atoms with Crippen molar-refractivity contribution >= 4 is 7.32 Å². The summed E-state index contributed by atoms with van der Waals surface area (Å²) in [6, 6.07) is 0. The maximum Gasteiger partial charge on any atom is 0.631 e. The van der Waals surface area contributed by atoms with Crippen LogP contribution >= 0.6 is 0 Å². The molecular formula is C4H13BO4. The van der Waals surface area contributed by atoms with Gasteiger partial charge in [0.05, 0.1) is 0 Å². The standard InChI is InChI=1S/C4H10O.BH3O3/c1-2-3-4-5;2-1(3)4/h5H,2-4H2,1H3;2-4H. The second-order valence-electron chi connectivity index (χ2n) is 1.42. The normalized spacial score (nSPS) is 7.67. The highest BCUT2D eigenvalue weighted by Crippen LogP contribution is 1.78. The minimum absolute atomic E-state index is 0.344. The molecule has 0 saturated heterocycles. The molecule has 0 fully saturated rings. The van der Waals surface area contributed by atoms with E-state index >= 15 is 0 Å². The largest absolute Gasteiger partial charge is 0.631 e. The van der Waals surface area contributed by atoms with Gasteiger partial charge in [0.15, 0.2) is 0 Å². The molecule has 0 unspecified atom stereocenters. The Balaban J connectivity index is 0. The number of hydrogen-bond donors (Lipinski definition) is 4. The maximum atomic E-state index is 8.07. The summed E-state index contributed by atoms with van der Waals surface area (Å²) in [6.45, 7) is 2.40. The van der Waals surface area contributed by atoms with Crippen molar-refractivity contribution in [1.29, 1.82) is 0 Å². The van der Waals surface area contributed by atoms with Crippen LogP contribution < -0.4 is 0 Å². The molecule has 0 spiro atoms. The third kappa shape index (κ3) is 76.0. The smallest absolute Gasteiger partial charge is 0.402 e. The van der Waals surface area contributed by atoms with Crippen molar-refractivity contribution in [1.82, 2.24) is 0 Å². The Hall–Kier alpha value is -0.0951. The van der Waals surface area contributed by atoms with E-state index in [0.29, 0.717) is 6.61 Å². The van der Waals surface area contributed by atoms with E-state index < -0.39 is 7.32 Å². The van der Waals surface area contributed by atoms with Crippen LogP contribution in [0.4, 0.5) is 0 Å². The van der Waals surface area contributed by atoms with Crippen LogP contribution in [0.3, 0.4) is 0 Å². The van der Waals surface area contributed by atoms with Gasteiger partial charge >= 0.3 is 7.32 Å². The fourth-order valence-corrected chi connectivity index (χ4v) is 0.158. The van der Waals surface area contributed by atoms with E-state index in [1.165, 1.54) is 0 Å². The van der Waals surface area contributed by atoms with Crippen LogP contribution in [0.25, 0.3) is 0 Å². The lowest BCUT2D eigenvalue weighted by Gasteiger charge is -1.79. The number of aliphatic hydroxyl groups is 1. The van der Waals surface area contributed by atoms with Crippen molar-refractivity contribution in [2.75, 3.05) is 6.61 Å². The van der Waals surface area contributed by atoms with Crippen LogP contribution in [0, 0.1) is 0 Å². The first-order chi connectivity index (χ1) is 4.15. The Bertz CT molecular complexity index is 36.8. The average Bonchev–Trinajstić information content (AvgIpc) is 1.66. The molecule has 0 rings (SSSR count). The number of aliphatic hydroxyl groups excluding tert-OH is 1. The zero-order valence-corrected chi connectivity index (χ0v) is 5.49. The summed E-state index contributed by atoms with van der Waals surface area (Å²) >= 11 is 0. The summed E-state index contributed by atoms with van der Waals surface area (Å²) in [7, 11) is -2.17. The minimum Gasteiger partial charge on any atom is -0.402 e. The van der Waals surface area contributed by atoms with E-state index in [4.69, 9.17) is 20.2 Å². The minimum atomic E-state index is -2.17. The third-order valence-electron chi connectivity index (χ3n) is 0.512. The maximum absolute atomic E-state index is 8.07. The Kier molecular flexibility index (Phi) is 14.0. The molecular weight excluding hydrogens is 123 g/mol. The number of unbranched alkanes of at least 4 members (excludes halogenated alkanes) is 1. The van der Waals surface area contributed by atoms with Crippen molar-refractivity contribution in [2.45, 2.75) is 19.8 Å². The van der Waals surface area contributed by atoms with E-state index in [9.17, 15) is 0 Å². The summed E-state index contributed by atoms with van der Waals surface area (Å²) in [5.41, 5.74) is 0. The third-order valence-corrected chi connectivity index (χ3v) is 0.512. The molecule has 0 amide bonds. The zero-order chi connectivity index (χ0) is 7.70. The van der Waals surface area contributed by atoms with Crippen molar-refractivity contribution < 1.29 is 20.2 Å². The predicted octanol–water partition coefficient (Wildman–Crippen LogP) is -1.27. The SMILES string of the molecule is CCCCO.OB(O)O. The lowest BCUT2D eigenvalue weighted by atomic mass is 10.3. The summed E-state index contributed by atoms with van der Waals surface area (Å²) in [4.78, 5) is 0. The topological polar surface area (TPSA) is 80.9 Å². The summed E-state index contributed by atoms with van der Waals surface area (Å²) in [6.07, 6.45) is 2.04. The van der Waals surface area contributed by atoms with E-state index in [2.05, 4.69) is 6.92 Å². The first-order valence-electron chi connectivity index (χ1n) is 2.80. The van der Waals surface area contributed by atoms with Crippen molar-refractivity contribution in [3.8, 4) is 0 Å². The number of rotatable bonds is 2. The van der Waals surface area contributed by atoms with E-state index in [0.717, 1.165) is 12.8 Å². The van der Waals surface area contributed by atoms with Crippen LogP contribution in [0.2, 0.25) is 0 Å². The molecule has 0 aromatic carbocycles. The van der Waals surface area contributed by atoms with E-state index in [1.807, 2.05) is 0 Å². The molecule has 4 nitrogen and oxygen atoms in total. The van der Waals surface area contributed by atoms with Gasteiger partial charge in [-0.25, -0.2) is 0 Å². The molecule has 0 aliphatic rings. The van der Waals surface area contributed by atoms with E-state index in [-0.39, 0.29) is 0 Å². The molecule has 0 bridgehead atoms. The Labute approximate surface area is 54.9 Å². The summed E-state index contributed by atoms with van der Waals surface area (Å²) < 4.78 is 0. The fraction of sp³-hybridized carbons (Fsp3) is 1.00. The van der Waals surface area contributed by atoms with E-state index in [1.54, 1.807) is 0 Å². The molecule has 56 valence electrons. The van der Waals surface area contributed by atoms with Crippen molar-refractivity contribution in [3.05, 3.63) is 0 Å². The quantitative estimate of drug-likeness (QED) is 0.356. The lowest BCUT2D eigenvalue weighted by Crippen LogP contribution is -2.07. The van der Waals surface area contributed by atoms with Gasteiger partial charge in [-0.15, -0.1) is 0 Å². The van der Waals surface area contributed by atoms with Gasteiger partial charge in [-0.1, -0.05) is 13.3 Å². The molecule has 0 heterocycles. The van der Waals surface area contributed by atoms with Gasteiger partial charge in [0.2, 0.25) is 0 Å². The molecule has 0 aromatic rings. The zero-order valence-electron chi connectivity index (χ0n) is 5.49. The van der Waals surface area contributed by atoms with Crippen molar-refractivity contribution in [2.24, 2.45) is 0 Å². The molecule has 0 saturated carbocycles. The van der Waals surface area contributed by atoms with Gasteiger partial charge in [-0.3, -0.25) is 0 Å². The van der Waals surface area contributed by atoms with Crippen LogP contribution in [0.15, 0.2) is 0 Å². The molecule has 0 atom stereocenters. The highest BCUT2D eigenvalue weighted by molar-refractivity contribution is 6.30. The number of hydrogen-bond acceptors (Lipinski definition) is 4. The Morgan fingerprint density at radius 3 is 1.56 bits per heavy atom. The molecule has 0 aliphatic heterocycles. The summed E-state index contributed by atoms with van der Waals surface area (Å²) in [5.74, 6) is 0. The van der Waals surface area contributed by atoms with Gasteiger partial charge in [-0.05, 0) is 6.42 Å². The monoisotopic (exact) mass is 136 g/mol. The van der Waals surface area contributed by atoms with Crippen LogP contribution in [-0.2, 0) is 0 Å². The molecule has 5 heteroatoms. The first kappa shape index (κ1) is 11.7.